The van der Waals surface area contributed by atoms with Gasteiger partial charge in [0.15, 0.2) is 5.78 Å². The summed E-state index contributed by atoms with van der Waals surface area (Å²) in [7, 11) is 1.67. The number of ether oxygens (including phenoxy) is 1. The molecule has 4 heteroatoms. The number of nitrogens with one attached hydrogen (secondary N) is 1. The van der Waals surface area contributed by atoms with Gasteiger partial charge in [-0.3, -0.25) is 9.69 Å². The summed E-state index contributed by atoms with van der Waals surface area (Å²) in [5, 5.41) is 1.00. The molecule has 1 fully saturated rings. The Morgan fingerprint density at radius 2 is 1.92 bits per heavy atom. The first-order valence-electron chi connectivity index (χ1n) is 9.16. The van der Waals surface area contributed by atoms with E-state index >= 15 is 0 Å². The van der Waals surface area contributed by atoms with Crippen molar-refractivity contribution in [2.75, 3.05) is 7.11 Å². The number of carbonyl (C=O) groups excluding carboxylic acids is 1. The van der Waals surface area contributed by atoms with E-state index in [1.807, 2.05) is 49.5 Å². The number of nitrogens with zero attached hydrogens (tertiary/aromatic N) is 1. The molecule has 0 bridgehead atoms. The smallest absolute Gasteiger partial charge is 0.181 e. The third-order valence-electron chi connectivity index (χ3n) is 5.27. The summed E-state index contributed by atoms with van der Waals surface area (Å²) in [6.45, 7) is 2.82. The van der Waals surface area contributed by atoms with E-state index in [-0.39, 0.29) is 11.8 Å². The minimum Gasteiger partial charge on any atom is -0.497 e. The number of para-hydroxylation sites is 1. The molecule has 134 valence electrons. The Kier molecular flexibility index (Phi) is 4.51. The Balaban J connectivity index is 1.56. The third kappa shape index (κ3) is 3.25. The van der Waals surface area contributed by atoms with E-state index in [0.29, 0.717) is 6.04 Å². The summed E-state index contributed by atoms with van der Waals surface area (Å²) in [6, 6.07) is 16.5. The van der Waals surface area contributed by atoms with Crippen LogP contribution < -0.4 is 4.74 Å². The summed E-state index contributed by atoms with van der Waals surface area (Å²) in [6.07, 6.45) is 4.19. The summed E-state index contributed by atoms with van der Waals surface area (Å²) < 4.78 is 5.24. The van der Waals surface area contributed by atoms with Crippen LogP contribution in [0.25, 0.3) is 10.9 Å². The fourth-order valence-corrected chi connectivity index (χ4v) is 3.58. The number of benzene rings is 2. The zero-order valence-corrected chi connectivity index (χ0v) is 15.2. The number of rotatable bonds is 7. The molecule has 2 aromatic carbocycles. The average Bonchev–Trinajstić information content (AvgIpc) is 3.44. The van der Waals surface area contributed by atoms with Crippen molar-refractivity contribution in [3.05, 3.63) is 65.9 Å². The lowest BCUT2D eigenvalue weighted by molar-refractivity contribution is 0.0816. The Hall–Kier alpha value is -2.59. The number of fused-ring (bicyclic) bond motifs is 1. The Bertz CT molecular complexity index is 909. The molecule has 0 unspecified atom stereocenters. The molecule has 0 amide bonds. The van der Waals surface area contributed by atoms with E-state index in [2.05, 4.69) is 22.0 Å². The van der Waals surface area contributed by atoms with Gasteiger partial charge in [-0.05, 0) is 43.5 Å². The van der Waals surface area contributed by atoms with Crippen LogP contribution >= 0.6 is 0 Å². The lowest BCUT2D eigenvalue weighted by Crippen LogP contribution is -2.40. The van der Waals surface area contributed by atoms with E-state index in [1.54, 1.807) is 7.11 Å². The van der Waals surface area contributed by atoms with E-state index in [0.717, 1.165) is 28.8 Å². The molecule has 0 aliphatic heterocycles. The number of aromatic amines is 1. The maximum atomic E-state index is 13.2. The van der Waals surface area contributed by atoms with Crippen LogP contribution in [0.5, 0.6) is 5.75 Å². The molecule has 1 saturated carbocycles. The van der Waals surface area contributed by atoms with Gasteiger partial charge in [0, 0.05) is 35.2 Å². The van der Waals surface area contributed by atoms with E-state index in [1.165, 1.54) is 18.4 Å². The highest BCUT2D eigenvalue weighted by atomic mass is 16.5. The molecule has 26 heavy (non-hydrogen) atoms. The van der Waals surface area contributed by atoms with Crippen molar-refractivity contribution >= 4 is 16.7 Å². The number of H-pyrrole nitrogens is 1. The molecule has 3 aromatic rings. The van der Waals surface area contributed by atoms with Crippen LogP contribution in [0.3, 0.4) is 0 Å². The first-order valence-corrected chi connectivity index (χ1v) is 9.16. The highest BCUT2D eigenvalue weighted by Gasteiger charge is 2.35. The molecule has 0 radical (unpaired) electrons. The van der Waals surface area contributed by atoms with E-state index in [9.17, 15) is 4.79 Å². The summed E-state index contributed by atoms with van der Waals surface area (Å²) in [5.41, 5.74) is 3.00. The summed E-state index contributed by atoms with van der Waals surface area (Å²) >= 11 is 0. The zero-order valence-electron chi connectivity index (χ0n) is 15.2. The van der Waals surface area contributed by atoms with Crippen molar-refractivity contribution in [2.45, 2.75) is 38.4 Å². The van der Waals surface area contributed by atoms with Crippen LogP contribution in [0.1, 0.15) is 35.7 Å². The van der Waals surface area contributed by atoms with Gasteiger partial charge in [0.1, 0.15) is 5.75 Å². The van der Waals surface area contributed by atoms with Gasteiger partial charge in [-0.2, -0.15) is 0 Å². The minimum atomic E-state index is -0.149. The van der Waals surface area contributed by atoms with Gasteiger partial charge in [0.2, 0.25) is 0 Å². The summed E-state index contributed by atoms with van der Waals surface area (Å²) in [5.74, 6) is 1.04. The fraction of sp³-hybridized carbons (Fsp3) is 0.318. The molecule has 4 rings (SSSR count). The third-order valence-corrected chi connectivity index (χ3v) is 5.27. The number of hydrogen-bond acceptors (Lipinski definition) is 3. The van der Waals surface area contributed by atoms with Crippen LogP contribution in [0, 0.1) is 0 Å². The quantitative estimate of drug-likeness (QED) is 0.643. The molecule has 0 saturated heterocycles. The number of aromatic nitrogens is 1. The van der Waals surface area contributed by atoms with Gasteiger partial charge in [0.05, 0.1) is 13.2 Å². The highest BCUT2D eigenvalue weighted by Crippen LogP contribution is 2.32. The van der Waals surface area contributed by atoms with Crippen molar-refractivity contribution in [3.8, 4) is 5.75 Å². The summed E-state index contributed by atoms with van der Waals surface area (Å²) in [4.78, 5) is 18.8. The Morgan fingerprint density at radius 1 is 1.19 bits per heavy atom. The number of hydrogen-bond donors (Lipinski definition) is 1. The van der Waals surface area contributed by atoms with Crippen molar-refractivity contribution in [3.63, 3.8) is 0 Å². The number of Topliss-reactive ketones (excluding diaryl/α,β-unsaturated/α-hetero) is 1. The monoisotopic (exact) mass is 348 g/mol. The first-order chi connectivity index (χ1) is 12.7. The first kappa shape index (κ1) is 16.9. The Morgan fingerprint density at radius 3 is 2.62 bits per heavy atom. The highest BCUT2D eigenvalue weighted by molar-refractivity contribution is 6.10. The molecule has 1 N–H and O–H groups in total. The van der Waals surface area contributed by atoms with Crippen molar-refractivity contribution in [2.24, 2.45) is 0 Å². The second kappa shape index (κ2) is 6.96. The van der Waals surface area contributed by atoms with Gasteiger partial charge in [-0.25, -0.2) is 0 Å². The SMILES string of the molecule is COc1ccc(CN(C2CC2)[C@H](C)C(=O)c2c[nH]c3ccccc23)cc1. The molecule has 1 aliphatic rings. The molecule has 1 atom stereocenters. The predicted molar refractivity (Wildman–Crippen MR) is 104 cm³/mol. The van der Waals surface area contributed by atoms with Gasteiger partial charge >= 0.3 is 0 Å². The van der Waals surface area contributed by atoms with Crippen LogP contribution in [0.15, 0.2) is 54.7 Å². The number of methoxy groups -OCH3 is 1. The standard InChI is InChI=1S/C22H24N2O2/c1-15(22(25)20-13-23-21-6-4-3-5-19(20)21)24(17-9-10-17)14-16-7-11-18(26-2)12-8-16/h3-8,11-13,15,17,23H,9-10,14H2,1-2H3/t15-/m1/s1. The number of carbonyl (C=O) groups is 1. The van der Waals surface area contributed by atoms with Crippen LogP contribution in [0.2, 0.25) is 0 Å². The van der Waals surface area contributed by atoms with Crippen LogP contribution in [0.4, 0.5) is 0 Å². The van der Waals surface area contributed by atoms with E-state index < -0.39 is 0 Å². The molecular formula is C22H24N2O2. The molecule has 1 heterocycles. The Labute approximate surface area is 153 Å². The lowest BCUT2D eigenvalue weighted by Gasteiger charge is -2.28. The van der Waals surface area contributed by atoms with Gasteiger partial charge in [0.25, 0.3) is 0 Å². The second-order valence-corrected chi connectivity index (χ2v) is 7.04. The van der Waals surface area contributed by atoms with Crippen LogP contribution in [-0.4, -0.2) is 34.9 Å². The molecule has 1 aromatic heterocycles. The van der Waals surface area contributed by atoms with E-state index in [4.69, 9.17) is 4.74 Å². The maximum Gasteiger partial charge on any atom is 0.181 e. The average molecular weight is 348 g/mol. The lowest BCUT2D eigenvalue weighted by atomic mass is 10.0. The zero-order chi connectivity index (χ0) is 18.1. The van der Waals surface area contributed by atoms with Crippen molar-refractivity contribution in [1.29, 1.82) is 0 Å². The van der Waals surface area contributed by atoms with Crippen molar-refractivity contribution < 1.29 is 9.53 Å². The maximum absolute atomic E-state index is 13.2. The van der Waals surface area contributed by atoms with Crippen molar-refractivity contribution in [1.82, 2.24) is 9.88 Å². The molecular weight excluding hydrogens is 324 g/mol. The number of ketones is 1. The predicted octanol–water partition coefficient (Wildman–Crippen LogP) is 4.41. The van der Waals surface area contributed by atoms with Gasteiger partial charge < -0.3 is 9.72 Å². The van der Waals surface area contributed by atoms with Crippen LogP contribution in [-0.2, 0) is 6.54 Å². The largest absolute Gasteiger partial charge is 0.497 e. The molecule has 1 aliphatic carbocycles. The fourth-order valence-electron chi connectivity index (χ4n) is 3.58. The normalized spacial score (nSPS) is 15.3. The van der Waals surface area contributed by atoms with Gasteiger partial charge in [-0.1, -0.05) is 30.3 Å². The molecule has 4 nitrogen and oxygen atoms in total. The van der Waals surface area contributed by atoms with Gasteiger partial charge in [-0.15, -0.1) is 0 Å². The second-order valence-electron chi connectivity index (χ2n) is 7.04. The molecule has 0 spiro atoms. The topological polar surface area (TPSA) is 45.3 Å². The minimum absolute atomic E-state index is 0.149.